The molecule has 0 aliphatic carbocycles. The van der Waals surface area contributed by atoms with E-state index in [2.05, 4.69) is 10.1 Å². The molecule has 0 atom stereocenters. The van der Waals surface area contributed by atoms with Crippen molar-refractivity contribution in [2.75, 3.05) is 6.67 Å². The molecule has 2 rings (SSSR count). The molecule has 0 amide bonds. The summed E-state index contributed by atoms with van der Waals surface area (Å²) in [5, 5.41) is 7.25. The minimum atomic E-state index is 0.428. The highest BCUT2D eigenvalue weighted by Crippen LogP contribution is 2.18. The van der Waals surface area contributed by atoms with Gasteiger partial charge in [0, 0.05) is 16.8 Å². The molecule has 1 heterocycles. The van der Waals surface area contributed by atoms with Gasteiger partial charge in [-0.3, -0.25) is 4.99 Å². The second-order valence-corrected chi connectivity index (χ2v) is 4.32. The van der Waals surface area contributed by atoms with Gasteiger partial charge in [0.15, 0.2) is 0 Å². The third kappa shape index (κ3) is 2.87. The van der Waals surface area contributed by atoms with E-state index in [9.17, 15) is 0 Å². The van der Waals surface area contributed by atoms with Gasteiger partial charge in [0.1, 0.15) is 11.8 Å². The summed E-state index contributed by atoms with van der Waals surface area (Å²) in [4.78, 5) is 4.08. The lowest BCUT2D eigenvalue weighted by Gasteiger charge is -2.19. The smallest absolute Gasteiger partial charge is 0.132 e. The topological polar surface area (TPSA) is 28.0 Å². The largest absolute Gasteiger partial charge is 0.270 e. The molecular formula is C12H11Cl2N3. The normalized spacial score (nSPS) is 16.1. The molecule has 88 valence electrons. The van der Waals surface area contributed by atoms with Gasteiger partial charge in [-0.05, 0) is 19.1 Å². The van der Waals surface area contributed by atoms with E-state index >= 15 is 0 Å². The highest BCUT2D eigenvalue weighted by molar-refractivity contribution is 6.34. The molecule has 0 aromatic heterocycles. The molecule has 0 radical (unpaired) electrons. The predicted molar refractivity (Wildman–Crippen MR) is 72.8 cm³/mol. The van der Waals surface area contributed by atoms with Crippen molar-refractivity contribution < 1.29 is 0 Å². The quantitative estimate of drug-likeness (QED) is 0.596. The Morgan fingerprint density at radius 2 is 2.12 bits per heavy atom. The second-order valence-electron chi connectivity index (χ2n) is 3.53. The van der Waals surface area contributed by atoms with E-state index in [1.807, 2.05) is 31.2 Å². The summed E-state index contributed by atoms with van der Waals surface area (Å²) in [5.41, 5.74) is 1.70. The molecule has 0 fully saturated rings. The van der Waals surface area contributed by atoms with E-state index in [1.54, 1.807) is 17.3 Å². The number of allylic oxidation sites excluding steroid dienone is 1. The number of nitrogens with zero attached hydrogens (tertiary/aromatic N) is 3. The van der Waals surface area contributed by atoms with E-state index in [1.165, 1.54) is 0 Å². The number of rotatable bonds is 2. The van der Waals surface area contributed by atoms with Crippen LogP contribution in [0.3, 0.4) is 0 Å². The molecule has 17 heavy (non-hydrogen) atoms. The molecule has 0 bridgehead atoms. The van der Waals surface area contributed by atoms with Crippen molar-refractivity contribution in [1.29, 1.82) is 0 Å². The molecule has 0 unspecified atom stereocenters. The maximum atomic E-state index is 6.10. The summed E-state index contributed by atoms with van der Waals surface area (Å²) in [7, 11) is 0. The molecule has 3 nitrogen and oxygen atoms in total. The summed E-state index contributed by atoms with van der Waals surface area (Å²) in [6.45, 7) is 2.32. The Kier molecular flexibility index (Phi) is 3.82. The Bertz CT molecular complexity index is 506. The zero-order valence-electron chi connectivity index (χ0n) is 9.27. The fourth-order valence-electron chi connectivity index (χ4n) is 1.46. The van der Waals surface area contributed by atoms with E-state index in [-0.39, 0.29) is 0 Å². The third-order valence-electron chi connectivity index (χ3n) is 2.31. The van der Waals surface area contributed by atoms with Gasteiger partial charge in [-0.1, -0.05) is 41.4 Å². The number of benzene rings is 1. The molecule has 0 saturated carbocycles. The van der Waals surface area contributed by atoms with Crippen LogP contribution in [0.1, 0.15) is 12.5 Å². The van der Waals surface area contributed by atoms with Crippen LogP contribution in [0.2, 0.25) is 5.02 Å². The van der Waals surface area contributed by atoms with E-state index in [0.717, 1.165) is 11.3 Å². The molecule has 1 aromatic rings. The van der Waals surface area contributed by atoms with Gasteiger partial charge < -0.3 is 0 Å². The number of aliphatic imine (C=N–C) groups is 1. The summed E-state index contributed by atoms with van der Waals surface area (Å²) in [5.74, 6) is 0. The van der Waals surface area contributed by atoms with Crippen molar-refractivity contribution in [3.63, 3.8) is 0 Å². The fourth-order valence-corrected chi connectivity index (χ4v) is 1.88. The number of hydrazone groups is 1. The molecule has 1 aliphatic heterocycles. The molecule has 0 saturated heterocycles. The van der Waals surface area contributed by atoms with E-state index in [4.69, 9.17) is 23.2 Å². The van der Waals surface area contributed by atoms with Crippen LogP contribution in [0.5, 0.6) is 0 Å². The first-order valence-corrected chi connectivity index (χ1v) is 5.87. The molecule has 1 aliphatic rings. The van der Waals surface area contributed by atoms with Crippen LogP contribution in [-0.2, 0) is 0 Å². The Morgan fingerprint density at radius 3 is 2.82 bits per heavy atom. The van der Waals surface area contributed by atoms with Crippen molar-refractivity contribution in [3.8, 4) is 0 Å². The third-order valence-corrected chi connectivity index (χ3v) is 2.96. The van der Waals surface area contributed by atoms with Crippen molar-refractivity contribution >= 4 is 35.1 Å². The lowest BCUT2D eigenvalue weighted by molar-refractivity contribution is 0.398. The van der Waals surface area contributed by atoms with Crippen LogP contribution in [0, 0.1) is 0 Å². The number of hydrogen-bond acceptors (Lipinski definition) is 3. The van der Waals surface area contributed by atoms with Gasteiger partial charge >= 0.3 is 0 Å². The zero-order valence-corrected chi connectivity index (χ0v) is 10.8. The molecule has 5 heteroatoms. The van der Waals surface area contributed by atoms with Gasteiger partial charge in [0.2, 0.25) is 0 Å². The van der Waals surface area contributed by atoms with Crippen LogP contribution < -0.4 is 0 Å². The monoisotopic (exact) mass is 267 g/mol. The molecular weight excluding hydrogens is 257 g/mol. The standard InChI is InChI=1S/C12H11Cl2N3/c1-9(10-4-2-3-5-11(10)13)16-17-8-15-7-6-12(17)14/h2-7H,8H2,1H3/b16-9+. The molecule has 1 aromatic carbocycles. The van der Waals surface area contributed by atoms with Crippen LogP contribution >= 0.6 is 23.2 Å². The molecule has 0 N–H and O–H groups in total. The highest BCUT2D eigenvalue weighted by atomic mass is 35.5. The lowest BCUT2D eigenvalue weighted by atomic mass is 10.1. The Hall–Kier alpha value is -1.32. The van der Waals surface area contributed by atoms with Crippen molar-refractivity contribution in [1.82, 2.24) is 5.01 Å². The van der Waals surface area contributed by atoms with Crippen LogP contribution in [0.4, 0.5) is 0 Å². The first-order chi connectivity index (χ1) is 8.18. The van der Waals surface area contributed by atoms with Crippen molar-refractivity contribution in [2.45, 2.75) is 6.92 Å². The van der Waals surface area contributed by atoms with Gasteiger partial charge in [-0.15, -0.1) is 0 Å². The predicted octanol–water partition coefficient (Wildman–Crippen LogP) is 3.49. The Balaban J connectivity index is 2.26. The van der Waals surface area contributed by atoms with Crippen LogP contribution in [0.15, 0.2) is 45.6 Å². The van der Waals surface area contributed by atoms with E-state index < -0.39 is 0 Å². The Morgan fingerprint density at radius 1 is 1.35 bits per heavy atom. The van der Waals surface area contributed by atoms with Crippen LogP contribution in [0.25, 0.3) is 0 Å². The average molecular weight is 268 g/mol. The van der Waals surface area contributed by atoms with Gasteiger partial charge in [-0.2, -0.15) is 5.10 Å². The number of hydrogen-bond donors (Lipinski definition) is 0. The maximum Gasteiger partial charge on any atom is 0.132 e. The second kappa shape index (κ2) is 5.34. The first-order valence-electron chi connectivity index (χ1n) is 5.12. The minimum absolute atomic E-state index is 0.428. The SMILES string of the molecule is C/C(=N\N1CN=CC=C1Cl)c1ccccc1Cl. The van der Waals surface area contributed by atoms with Crippen molar-refractivity contribution in [2.24, 2.45) is 10.1 Å². The number of halogens is 2. The average Bonchev–Trinajstić information content (AvgIpc) is 2.32. The lowest BCUT2D eigenvalue weighted by Crippen LogP contribution is -2.19. The van der Waals surface area contributed by atoms with Crippen molar-refractivity contribution in [3.05, 3.63) is 46.1 Å². The summed E-state index contributed by atoms with van der Waals surface area (Å²) < 4.78 is 0. The van der Waals surface area contributed by atoms with Gasteiger partial charge in [-0.25, -0.2) is 5.01 Å². The first kappa shape index (κ1) is 12.1. The summed E-state index contributed by atoms with van der Waals surface area (Å²) in [6.07, 6.45) is 3.37. The minimum Gasteiger partial charge on any atom is -0.270 e. The van der Waals surface area contributed by atoms with Crippen LogP contribution in [-0.4, -0.2) is 23.6 Å². The molecule has 0 spiro atoms. The van der Waals surface area contributed by atoms with Gasteiger partial charge in [0.25, 0.3) is 0 Å². The zero-order chi connectivity index (χ0) is 12.3. The maximum absolute atomic E-state index is 6.10. The van der Waals surface area contributed by atoms with Gasteiger partial charge in [0.05, 0.1) is 5.71 Å². The summed E-state index contributed by atoms with van der Waals surface area (Å²) in [6, 6.07) is 7.57. The fraction of sp³-hybridized carbons (Fsp3) is 0.167. The highest BCUT2D eigenvalue weighted by Gasteiger charge is 2.10. The Labute approximate surface area is 110 Å². The van der Waals surface area contributed by atoms with E-state index in [0.29, 0.717) is 16.8 Å². The summed E-state index contributed by atoms with van der Waals surface area (Å²) >= 11 is 12.1.